The van der Waals surface area contributed by atoms with E-state index in [1.165, 1.54) is 19.2 Å². The fourth-order valence-electron chi connectivity index (χ4n) is 1.32. The summed E-state index contributed by atoms with van der Waals surface area (Å²) >= 11 is 3.18. The molecule has 0 atom stereocenters. The third-order valence-corrected chi connectivity index (χ3v) is 2.71. The van der Waals surface area contributed by atoms with Gasteiger partial charge in [-0.15, -0.1) is 0 Å². The van der Waals surface area contributed by atoms with Gasteiger partial charge in [0.1, 0.15) is 0 Å². The van der Waals surface area contributed by atoms with Gasteiger partial charge in [0, 0.05) is 0 Å². The van der Waals surface area contributed by atoms with Crippen LogP contribution in [0.3, 0.4) is 0 Å². The fourth-order valence-corrected chi connectivity index (χ4v) is 1.87. The minimum Gasteiger partial charge on any atom is -0.493 e. The number of carboxylic acid groups (broad SMARTS) is 1. The smallest absolute Gasteiger partial charge is 0.344 e. The molecule has 0 aromatic heterocycles. The van der Waals surface area contributed by atoms with Crippen molar-refractivity contribution in [1.29, 1.82) is 0 Å². The van der Waals surface area contributed by atoms with E-state index < -0.39 is 11.9 Å². The number of benzene rings is 1. The Bertz CT molecular complexity index is 485. The number of ether oxygens (including phenoxy) is 3. The Hall–Kier alpha value is -1.76. The number of hydrogen-bond donors (Lipinski definition) is 1. The van der Waals surface area contributed by atoms with Crippen LogP contribution in [0.4, 0.5) is 0 Å². The van der Waals surface area contributed by atoms with Gasteiger partial charge in [-0.3, -0.25) is 0 Å². The molecule has 0 unspecified atom stereocenters. The van der Waals surface area contributed by atoms with Crippen molar-refractivity contribution in [3.63, 3.8) is 0 Å². The largest absolute Gasteiger partial charge is 0.493 e. The molecule has 1 aromatic rings. The van der Waals surface area contributed by atoms with Crippen molar-refractivity contribution < 1.29 is 28.9 Å². The molecule has 19 heavy (non-hydrogen) atoms. The van der Waals surface area contributed by atoms with E-state index in [2.05, 4.69) is 15.9 Å². The SMILES string of the molecule is CCOC(=O)COc1c(Br)cc(C(=O)O)cc1OC. The fraction of sp³-hybridized carbons (Fsp3) is 0.333. The van der Waals surface area contributed by atoms with Crippen molar-refractivity contribution in [3.05, 3.63) is 22.2 Å². The van der Waals surface area contributed by atoms with E-state index in [4.69, 9.17) is 19.3 Å². The zero-order valence-electron chi connectivity index (χ0n) is 10.4. The average Bonchev–Trinajstić information content (AvgIpc) is 2.36. The maximum absolute atomic E-state index is 11.2. The summed E-state index contributed by atoms with van der Waals surface area (Å²) < 4.78 is 15.4. The van der Waals surface area contributed by atoms with Crippen LogP contribution < -0.4 is 9.47 Å². The topological polar surface area (TPSA) is 82.1 Å². The molecule has 0 aliphatic carbocycles. The molecular formula is C12H13BrO6. The van der Waals surface area contributed by atoms with Crippen LogP contribution in [-0.2, 0) is 9.53 Å². The molecule has 0 radical (unpaired) electrons. The summed E-state index contributed by atoms with van der Waals surface area (Å²) in [5.41, 5.74) is 0.0483. The van der Waals surface area contributed by atoms with E-state index in [1.54, 1.807) is 6.92 Å². The summed E-state index contributed by atoms with van der Waals surface area (Å²) in [4.78, 5) is 22.1. The lowest BCUT2D eigenvalue weighted by Gasteiger charge is -2.12. The summed E-state index contributed by atoms with van der Waals surface area (Å²) in [6.07, 6.45) is 0. The van der Waals surface area contributed by atoms with Crippen molar-refractivity contribution in [3.8, 4) is 11.5 Å². The molecule has 0 spiro atoms. The Kier molecular flexibility index (Phi) is 5.62. The first kappa shape index (κ1) is 15.3. The first-order valence-electron chi connectivity index (χ1n) is 5.38. The third kappa shape index (κ3) is 4.13. The predicted molar refractivity (Wildman–Crippen MR) is 69.8 cm³/mol. The summed E-state index contributed by atoms with van der Waals surface area (Å²) in [5.74, 6) is -1.13. The highest BCUT2D eigenvalue weighted by Crippen LogP contribution is 2.36. The quantitative estimate of drug-likeness (QED) is 0.803. The molecule has 1 aromatic carbocycles. The molecule has 1 rings (SSSR count). The number of methoxy groups -OCH3 is 1. The van der Waals surface area contributed by atoms with Crippen molar-refractivity contribution in [2.24, 2.45) is 0 Å². The van der Waals surface area contributed by atoms with Gasteiger partial charge in [0.05, 0.1) is 23.8 Å². The lowest BCUT2D eigenvalue weighted by Crippen LogP contribution is -2.15. The van der Waals surface area contributed by atoms with Gasteiger partial charge in [-0.1, -0.05) is 0 Å². The van der Waals surface area contributed by atoms with Gasteiger partial charge in [0.2, 0.25) is 0 Å². The zero-order valence-corrected chi connectivity index (χ0v) is 12.0. The Labute approximate surface area is 118 Å². The first-order valence-corrected chi connectivity index (χ1v) is 6.18. The molecule has 1 N–H and O–H groups in total. The van der Waals surface area contributed by atoms with Gasteiger partial charge in [-0.2, -0.15) is 0 Å². The normalized spacial score (nSPS) is 9.84. The molecule has 0 fully saturated rings. The van der Waals surface area contributed by atoms with Crippen LogP contribution in [0, 0.1) is 0 Å². The molecule has 104 valence electrons. The van der Waals surface area contributed by atoms with Gasteiger partial charge in [0.25, 0.3) is 0 Å². The van der Waals surface area contributed by atoms with E-state index in [0.717, 1.165) is 0 Å². The highest BCUT2D eigenvalue weighted by atomic mass is 79.9. The second kappa shape index (κ2) is 6.98. The van der Waals surface area contributed by atoms with E-state index >= 15 is 0 Å². The van der Waals surface area contributed by atoms with Crippen LogP contribution >= 0.6 is 15.9 Å². The highest BCUT2D eigenvalue weighted by Gasteiger charge is 2.16. The number of carboxylic acids is 1. The Balaban J connectivity index is 2.94. The van der Waals surface area contributed by atoms with Gasteiger partial charge < -0.3 is 19.3 Å². The van der Waals surface area contributed by atoms with Crippen molar-refractivity contribution in [2.75, 3.05) is 20.3 Å². The van der Waals surface area contributed by atoms with Gasteiger partial charge >= 0.3 is 11.9 Å². The minimum absolute atomic E-state index is 0.0483. The van der Waals surface area contributed by atoms with Crippen molar-refractivity contribution >= 4 is 27.9 Å². The van der Waals surface area contributed by atoms with Crippen LogP contribution in [0.2, 0.25) is 0 Å². The maximum atomic E-state index is 11.2. The molecule has 0 bridgehead atoms. The lowest BCUT2D eigenvalue weighted by atomic mass is 10.2. The van der Waals surface area contributed by atoms with E-state index in [1.807, 2.05) is 0 Å². The van der Waals surface area contributed by atoms with Crippen molar-refractivity contribution in [2.45, 2.75) is 6.92 Å². The lowest BCUT2D eigenvalue weighted by molar-refractivity contribution is -0.145. The van der Waals surface area contributed by atoms with Gasteiger partial charge in [-0.25, -0.2) is 9.59 Å². The standard InChI is InChI=1S/C12H13BrO6/c1-3-18-10(14)6-19-11-8(13)4-7(12(15)16)5-9(11)17-2/h4-5H,3,6H2,1-2H3,(H,15,16). The molecule has 0 saturated heterocycles. The summed E-state index contributed by atoms with van der Waals surface area (Å²) in [7, 11) is 1.38. The number of carbonyl (C=O) groups is 2. The number of esters is 1. The second-order valence-electron chi connectivity index (χ2n) is 3.39. The summed E-state index contributed by atoms with van der Waals surface area (Å²) in [5, 5.41) is 8.92. The van der Waals surface area contributed by atoms with Crippen LogP contribution in [0.1, 0.15) is 17.3 Å². The molecule has 6 nitrogen and oxygen atoms in total. The second-order valence-corrected chi connectivity index (χ2v) is 4.24. The number of halogens is 1. The predicted octanol–water partition coefficient (Wildman–Crippen LogP) is 2.10. The molecule has 7 heteroatoms. The zero-order chi connectivity index (χ0) is 14.4. The summed E-state index contributed by atoms with van der Waals surface area (Å²) in [6.45, 7) is 1.67. The molecule has 0 aliphatic heterocycles. The molecule has 0 heterocycles. The van der Waals surface area contributed by atoms with Crippen LogP contribution in [0.5, 0.6) is 11.5 Å². The number of carbonyl (C=O) groups excluding carboxylic acids is 1. The first-order chi connectivity index (χ1) is 8.99. The number of hydrogen-bond acceptors (Lipinski definition) is 5. The van der Waals surface area contributed by atoms with Crippen LogP contribution in [0.25, 0.3) is 0 Å². The van der Waals surface area contributed by atoms with Crippen molar-refractivity contribution in [1.82, 2.24) is 0 Å². The molecule has 0 saturated carbocycles. The molecule has 0 aliphatic rings. The summed E-state index contributed by atoms with van der Waals surface area (Å²) in [6, 6.07) is 2.68. The van der Waals surface area contributed by atoms with E-state index in [-0.39, 0.29) is 30.3 Å². The van der Waals surface area contributed by atoms with Crippen LogP contribution in [-0.4, -0.2) is 37.4 Å². The Morgan fingerprint density at radius 1 is 1.37 bits per heavy atom. The maximum Gasteiger partial charge on any atom is 0.344 e. The third-order valence-electron chi connectivity index (χ3n) is 2.12. The van der Waals surface area contributed by atoms with Crippen LogP contribution in [0.15, 0.2) is 16.6 Å². The van der Waals surface area contributed by atoms with E-state index in [9.17, 15) is 9.59 Å². The number of rotatable bonds is 6. The molecule has 0 amide bonds. The Morgan fingerprint density at radius 3 is 2.58 bits per heavy atom. The molecular weight excluding hydrogens is 320 g/mol. The van der Waals surface area contributed by atoms with Gasteiger partial charge in [0.15, 0.2) is 18.1 Å². The monoisotopic (exact) mass is 332 g/mol. The highest BCUT2D eigenvalue weighted by molar-refractivity contribution is 9.10. The average molecular weight is 333 g/mol. The Morgan fingerprint density at radius 2 is 2.05 bits per heavy atom. The minimum atomic E-state index is -1.09. The van der Waals surface area contributed by atoms with E-state index in [0.29, 0.717) is 4.47 Å². The number of aromatic carboxylic acids is 1. The van der Waals surface area contributed by atoms with Gasteiger partial charge in [-0.05, 0) is 35.0 Å².